The van der Waals surface area contributed by atoms with E-state index in [-0.39, 0.29) is 24.3 Å². The first kappa shape index (κ1) is 21.6. The summed E-state index contributed by atoms with van der Waals surface area (Å²) in [5.41, 5.74) is 7.53. The van der Waals surface area contributed by atoms with Crippen molar-refractivity contribution in [3.63, 3.8) is 0 Å². The fourth-order valence-electron chi connectivity index (χ4n) is 3.45. The number of nitrogens with zero attached hydrogens (tertiary/aromatic N) is 2. The van der Waals surface area contributed by atoms with Gasteiger partial charge in [-0.1, -0.05) is 18.2 Å². The summed E-state index contributed by atoms with van der Waals surface area (Å²) in [7, 11) is 1.79. The zero-order valence-corrected chi connectivity index (χ0v) is 16.9. The molecule has 2 aromatic heterocycles. The Morgan fingerprint density at radius 3 is 2.60 bits per heavy atom. The number of furan rings is 1. The van der Waals surface area contributed by atoms with E-state index >= 15 is 0 Å². The molecule has 160 valence electrons. The first-order valence-corrected chi connectivity index (χ1v) is 9.37. The maximum atomic E-state index is 13.2. The molecular formula is C21H23F3N4O2. The Labute approximate surface area is 171 Å². The van der Waals surface area contributed by atoms with Crippen LogP contribution in [0.15, 0.2) is 40.9 Å². The van der Waals surface area contributed by atoms with Gasteiger partial charge in [-0.3, -0.25) is 9.48 Å². The number of benzene rings is 1. The number of halogens is 3. The fourth-order valence-corrected chi connectivity index (χ4v) is 3.45. The highest BCUT2D eigenvalue weighted by Crippen LogP contribution is 2.32. The Morgan fingerprint density at radius 1 is 1.30 bits per heavy atom. The molecule has 1 atom stereocenters. The minimum Gasteiger partial charge on any atom is -0.455 e. The van der Waals surface area contributed by atoms with Gasteiger partial charge >= 0.3 is 6.18 Å². The summed E-state index contributed by atoms with van der Waals surface area (Å²) in [4.78, 5) is 12.7. The highest BCUT2D eigenvalue weighted by atomic mass is 19.4. The predicted octanol–water partition coefficient (Wildman–Crippen LogP) is 3.62. The number of hydrogen-bond donors (Lipinski definition) is 2. The summed E-state index contributed by atoms with van der Waals surface area (Å²) in [5, 5.41) is 6.87. The highest BCUT2D eigenvalue weighted by molar-refractivity contribution is 5.93. The average molecular weight is 420 g/mol. The second-order valence-electron chi connectivity index (χ2n) is 7.15. The van der Waals surface area contributed by atoms with Crippen LogP contribution in [0.5, 0.6) is 0 Å². The zero-order chi connectivity index (χ0) is 22.1. The van der Waals surface area contributed by atoms with Crippen molar-refractivity contribution in [2.24, 2.45) is 12.8 Å². The molecule has 2 heterocycles. The molecule has 30 heavy (non-hydrogen) atoms. The van der Waals surface area contributed by atoms with E-state index in [1.165, 1.54) is 18.2 Å². The summed E-state index contributed by atoms with van der Waals surface area (Å²) >= 11 is 0. The van der Waals surface area contributed by atoms with Crippen LogP contribution in [0.25, 0.3) is 11.3 Å². The Kier molecular flexibility index (Phi) is 6.02. The summed E-state index contributed by atoms with van der Waals surface area (Å²) in [6.07, 6.45) is -2.82. The summed E-state index contributed by atoms with van der Waals surface area (Å²) in [5.74, 6) is 0.0633. The molecule has 3 rings (SSSR count). The molecular weight excluding hydrogens is 397 g/mol. The molecule has 6 nitrogen and oxygen atoms in total. The molecule has 3 aromatic rings. The van der Waals surface area contributed by atoms with E-state index < -0.39 is 23.7 Å². The van der Waals surface area contributed by atoms with E-state index in [4.69, 9.17) is 10.2 Å². The number of carbonyl (C=O) groups excluding carboxylic acids is 1. The monoisotopic (exact) mass is 420 g/mol. The smallest absolute Gasteiger partial charge is 0.416 e. The third-order valence-corrected chi connectivity index (χ3v) is 4.93. The second kappa shape index (κ2) is 8.35. The van der Waals surface area contributed by atoms with Crippen molar-refractivity contribution in [2.45, 2.75) is 32.5 Å². The van der Waals surface area contributed by atoms with Crippen LogP contribution >= 0.6 is 0 Å². The molecule has 1 amide bonds. The highest BCUT2D eigenvalue weighted by Gasteiger charge is 2.33. The van der Waals surface area contributed by atoms with Crippen molar-refractivity contribution in [1.82, 2.24) is 15.1 Å². The van der Waals surface area contributed by atoms with Crippen molar-refractivity contribution in [2.75, 3.05) is 6.54 Å². The van der Waals surface area contributed by atoms with E-state index in [9.17, 15) is 18.0 Å². The van der Waals surface area contributed by atoms with E-state index in [2.05, 4.69) is 10.4 Å². The van der Waals surface area contributed by atoms with Gasteiger partial charge in [-0.15, -0.1) is 0 Å². The molecule has 0 saturated carbocycles. The number of carbonyl (C=O) groups is 1. The standard InChI is InChI=1S/C21H23F3N4O2/c1-12-11-26-28(3)19(12)16-9-18(30-13(16)2)20(29)27-15(10-25)8-14-6-4-5-7-17(14)21(22,23)24/h4-7,9,11,15H,8,10,25H2,1-3H3,(H,27,29)/t15-/m0/s1. The number of nitrogens with one attached hydrogen (secondary N) is 1. The van der Waals surface area contributed by atoms with Gasteiger partial charge < -0.3 is 15.5 Å². The van der Waals surface area contributed by atoms with Crippen LogP contribution in [0.4, 0.5) is 13.2 Å². The van der Waals surface area contributed by atoms with E-state index in [1.54, 1.807) is 30.9 Å². The molecule has 3 N–H and O–H groups in total. The third-order valence-electron chi connectivity index (χ3n) is 4.93. The van der Waals surface area contributed by atoms with Gasteiger partial charge in [0.05, 0.1) is 17.5 Å². The number of nitrogens with two attached hydrogens (primary N) is 1. The summed E-state index contributed by atoms with van der Waals surface area (Å²) in [6.45, 7) is 3.61. The molecule has 1 aromatic carbocycles. The van der Waals surface area contributed by atoms with Gasteiger partial charge in [-0.25, -0.2) is 0 Å². The van der Waals surface area contributed by atoms with Gasteiger partial charge in [-0.2, -0.15) is 18.3 Å². The van der Waals surface area contributed by atoms with Crippen molar-refractivity contribution >= 4 is 5.91 Å². The average Bonchev–Trinajstić information content (AvgIpc) is 3.22. The van der Waals surface area contributed by atoms with Crippen molar-refractivity contribution in [3.8, 4) is 11.3 Å². The number of rotatable bonds is 6. The topological polar surface area (TPSA) is 86.1 Å². The minimum absolute atomic E-state index is 0.0225. The quantitative estimate of drug-likeness (QED) is 0.638. The zero-order valence-electron chi connectivity index (χ0n) is 16.9. The van der Waals surface area contributed by atoms with E-state index in [0.717, 1.165) is 22.9 Å². The largest absolute Gasteiger partial charge is 0.455 e. The maximum absolute atomic E-state index is 13.2. The normalized spacial score (nSPS) is 12.8. The van der Waals surface area contributed by atoms with Gasteiger partial charge in [0.15, 0.2) is 5.76 Å². The maximum Gasteiger partial charge on any atom is 0.416 e. The number of aromatic nitrogens is 2. The molecule has 0 aliphatic heterocycles. The third kappa shape index (κ3) is 4.40. The van der Waals surface area contributed by atoms with Crippen LogP contribution in [0.3, 0.4) is 0 Å². The Morgan fingerprint density at radius 2 is 2.00 bits per heavy atom. The molecule has 0 aliphatic rings. The van der Waals surface area contributed by atoms with Gasteiger partial charge in [0.2, 0.25) is 0 Å². The van der Waals surface area contributed by atoms with Crippen LogP contribution in [0.1, 0.15) is 33.0 Å². The number of amides is 1. The second-order valence-corrected chi connectivity index (χ2v) is 7.15. The Bertz CT molecular complexity index is 1030. The van der Waals surface area contributed by atoms with Gasteiger partial charge in [0, 0.05) is 25.2 Å². The van der Waals surface area contributed by atoms with Crippen molar-refractivity contribution in [3.05, 3.63) is 64.7 Å². The summed E-state index contributed by atoms with van der Waals surface area (Å²) in [6, 6.07) is 6.18. The van der Waals surface area contributed by atoms with E-state index in [0.29, 0.717) is 5.76 Å². The van der Waals surface area contributed by atoms with Gasteiger partial charge in [0.1, 0.15) is 5.76 Å². The van der Waals surface area contributed by atoms with Crippen LogP contribution in [0, 0.1) is 13.8 Å². The minimum atomic E-state index is -4.48. The van der Waals surface area contributed by atoms with Crippen LogP contribution < -0.4 is 11.1 Å². The summed E-state index contributed by atoms with van der Waals surface area (Å²) < 4.78 is 47.0. The first-order chi connectivity index (χ1) is 14.1. The Balaban J connectivity index is 1.80. The molecule has 0 aliphatic carbocycles. The van der Waals surface area contributed by atoms with Crippen LogP contribution in [0.2, 0.25) is 0 Å². The van der Waals surface area contributed by atoms with Gasteiger partial charge in [-0.05, 0) is 43.5 Å². The number of aryl methyl sites for hydroxylation is 3. The van der Waals surface area contributed by atoms with Crippen molar-refractivity contribution in [1.29, 1.82) is 0 Å². The first-order valence-electron chi connectivity index (χ1n) is 9.37. The molecule has 9 heteroatoms. The lowest BCUT2D eigenvalue weighted by Gasteiger charge is -2.19. The Hall–Kier alpha value is -3.07. The molecule has 0 spiro atoms. The molecule has 0 saturated heterocycles. The predicted molar refractivity (Wildman–Crippen MR) is 106 cm³/mol. The number of hydrogen-bond acceptors (Lipinski definition) is 4. The molecule has 0 fully saturated rings. The lowest BCUT2D eigenvalue weighted by molar-refractivity contribution is -0.138. The molecule has 0 bridgehead atoms. The number of alkyl halides is 3. The van der Waals surface area contributed by atoms with Crippen LogP contribution in [-0.4, -0.2) is 28.3 Å². The van der Waals surface area contributed by atoms with Crippen LogP contribution in [-0.2, 0) is 19.6 Å². The van der Waals surface area contributed by atoms with Gasteiger partial charge in [0.25, 0.3) is 5.91 Å². The van der Waals surface area contributed by atoms with E-state index in [1.807, 2.05) is 6.92 Å². The SMILES string of the molecule is Cc1cnn(C)c1-c1cc(C(=O)N[C@H](CN)Cc2ccccc2C(F)(F)F)oc1C. The molecule has 0 unspecified atom stereocenters. The lowest BCUT2D eigenvalue weighted by atomic mass is 9.99. The molecule has 0 radical (unpaired) electrons. The lowest BCUT2D eigenvalue weighted by Crippen LogP contribution is -2.42. The fraction of sp³-hybridized carbons (Fsp3) is 0.333. The van der Waals surface area contributed by atoms with Crippen molar-refractivity contribution < 1.29 is 22.4 Å².